The molecule has 0 radical (unpaired) electrons. The molecule has 1 aromatic rings. The van der Waals surface area contributed by atoms with Crippen LogP contribution in [0.15, 0.2) is 12.1 Å². The number of nitrogens with zero attached hydrogens (tertiary/aromatic N) is 2. The van der Waals surface area contributed by atoms with Gasteiger partial charge in [-0.2, -0.15) is 5.26 Å². The van der Waals surface area contributed by atoms with E-state index in [2.05, 4.69) is 5.32 Å². The minimum Gasteiger partial charge on any atom is -0.370 e. The summed E-state index contributed by atoms with van der Waals surface area (Å²) in [4.78, 5) is 1.61. The Labute approximate surface area is 111 Å². The third-order valence-electron chi connectivity index (χ3n) is 3.52. The van der Waals surface area contributed by atoms with Gasteiger partial charge in [0.15, 0.2) is 11.6 Å². The summed E-state index contributed by atoms with van der Waals surface area (Å²) in [7, 11) is 1.69. The second-order valence-corrected chi connectivity index (χ2v) is 4.97. The van der Waals surface area contributed by atoms with Crippen LogP contribution in [0.5, 0.6) is 0 Å². The van der Waals surface area contributed by atoms with E-state index in [1.165, 1.54) is 0 Å². The van der Waals surface area contributed by atoms with Crippen LogP contribution in [0.3, 0.4) is 0 Å². The van der Waals surface area contributed by atoms with Crippen LogP contribution in [0.25, 0.3) is 0 Å². The van der Waals surface area contributed by atoms with Gasteiger partial charge in [0.1, 0.15) is 5.69 Å². The minimum absolute atomic E-state index is 0.00835. The first kappa shape index (κ1) is 13.8. The Morgan fingerprint density at radius 1 is 1.32 bits per heavy atom. The molecule has 0 aromatic heterocycles. The highest BCUT2D eigenvalue weighted by atomic mass is 19.1. The van der Waals surface area contributed by atoms with E-state index in [4.69, 9.17) is 5.26 Å². The lowest BCUT2D eigenvalue weighted by molar-refractivity contribution is 0.376. The van der Waals surface area contributed by atoms with Crippen LogP contribution in [-0.4, -0.2) is 26.7 Å². The molecule has 19 heavy (non-hydrogen) atoms. The quantitative estimate of drug-likeness (QED) is 0.911. The zero-order valence-electron chi connectivity index (χ0n) is 10.9. The molecule has 1 saturated heterocycles. The maximum atomic E-state index is 13.9. The van der Waals surface area contributed by atoms with Crippen molar-refractivity contribution in [3.63, 3.8) is 0 Å². The molecule has 0 bridgehead atoms. The Bertz CT molecular complexity index is 467. The third-order valence-corrected chi connectivity index (χ3v) is 3.52. The number of halogens is 2. The van der Waals surface area contributed by atoms with Crippen LogP contribution in [-0.2, 0) is 0 Å². The van der Waals surface area contributed by atoms with Crippen molar-refractivity contribution in [3.05, 3.63) is 29.3 Å². The Balaban J connectivity index is 2.14. The number of nitrogens with one attached hydrogen (secondary N) is 1. The summed E-state index contributed by atoms with van der Waals surface area (Å²) in [5, 5.41) is 11.9. The molecule has 1 aliphatic rings. The number of benzene rings is 1. The van der Waals surface area contributed by atoms with Crippen LogP contribution >= 0.6 is 0 Å². The van der Waals surface area contributed by atoms with Crippen molar-refractivity contribution in [3.8, 4) is 6.07 Å². The van der Waals surface area contributed by atoms with Crippen molar-refractivity contribution in [1.82, 2.24) is 5.32 Å². The lowest BCUT2D eigenvalue weighted by Crippen LogP contribution is -2.35. The zero-order chi connectivity index (χ0) is 13.8. The molecule has 1 aliphatic heterocycles. The van der Waals surface area contributed by atoms with Crippen molar-refractivity contribution < 1.29 is 8.78 Å². The van der Waals surface area contributed by atoms with E-state index in [1.54, 1.807) is 18.0 Å². The molecule has 1 N–H and O–H groups in total. The molecule has 0 saturated carbocycles. The van der Waals surface area contributed by atoms with E-state index in [1.807, 2.05) is 0 Å². The fourth-order valence-corrected chi connectivity index (χ4v) is 2.54. The Hall–Kier alpha value is -1.67. The van der Waals surface area contributed by atoms with Crippen LogP contribution in [0, 0.1) is 28.9 Å². The van der Waals surface area contributed by atoms with Gasteiger partial charge >= 0.3 is 0 Å². The number of hydrogen-bond acceptors (Lipinski definition) is 3. The topological polar surface area (TPSA) is 39.1 Å². The molecule has 2 rings (SSSR count). The molecule has 0 unspecified atom stereocenters. The van der Waals surface area contributed by atoms with Crippen molar-refractivity contribution in [2.45, 2.75) is 12.8 Å². The summed E-state index contributed by atoms with van der Waals surface area (Å²) in [6, 6.07) is 3.91. The first-order valence-electron chi connectivity index (χ1n) is 6.43. The highest BCUT2D eigenvalue weighted by molar-refractivity contribution is 5.52. The Morgan fingerprint density at radius 3 is 2.42 bits per heavy atom. The van der Waals surface area contributed by atoms with Crippen LogP contribution < -0.4 is 10.2 Å². The molecule has 1 fully saturated rings. The maximum absolute atomic E-state index is 13.9. The fourth-order valence-electron chi connectivity index (χ4n) is 2.54. The maximum Gasteiger partial charge on any atom is 0.150 e. The predicted molar refractivity (Wildman–Crippen MR) is 69.9 cm³/mol. The van der Waals surface area contributed by atoms with E-state index in [0.29, 0.717) is 12.5 Å². The molecule has 0 spiro atoms. The van der Waals surface area contributed by atoms with Gasteiger partial charge < -0.3 is 10.2 Å². The lowest BCUT2D eigenvalue weighted by atomic mass is 9.97. The fraction of sp³-hybridized carbons (Fsp3) is 0.500. The highest BCUT2D eigenvalue weighted by Gasteiger charge is 2.20. The van der Waals surface area contributed by atoms with E-state index in [9.17, 15) is 8.78 Å². The van der Waals surface area contributed by atoms with Crippen LogP contribution in [0.2, 0.25) is 0 Å². The molecule has 102 valence electrons. The summed E-state index contributed by atoms with van der Waals surface area (Å²) < 4.78 is 27.7. The lowest BCUT2D eigenvalue weighted by Gasteiger charge is -2.29. The highest BCUT2D eigenvalue weighted by Crippen LogP contribution is 2.26. The summed E-state index contributed by atoms with van der Waals surface area (Å²) in [6.07, 6.45) is 2.04. The van der Waals surface area contributed by atoms with Gasteiger partial charge in [0.2, 0.25) is 0 Å². The van der Waals surface area contributed by atoms with Gasteiger partial charge in [-0.25, -0.2) is 8.78 Å². The zero-order valence-corrected chi connectivity index (χ0v) is 10.9. The van der Waals surface area contributed by atoms with Gasteiger partial charge in [-0.1, -0.05) is 0 Å². The smallest absolute Gasteiger partial charge is 0.150 e. The molecule has 5 heteroatoms. The van der Waals surface area contributed by atoms with Crippen molar-refractivity contribution in [2.75, 3.05) is 31.6 Å². The number of hydrogen-bond donors (Lipinski definition) is 1. The van der Waals surface area contributed by atoms with E-state index in [0.717, 1.165) is 38.1 Å². The average molecular weight is 265 g/mol. The van der Waals surface area contributed by atoms with Crippen molar-refractivity contribution >= 4 is 5.69 Å². The first-order valence-corrected chi connectivity index (χ1v) is 6.43. The summed E-state index contributed by atoms with van der Waals surface area (Å²) in [5.74, 6) is -0.901. The van der Waals surface area contributed by atoms with Crippen LogP contribution in [0.4, 0.5) is 14.5 Å². The van der Waals surface area contributed by atoms with E-state index in [-0.39, 0.29) is 11.3 Å². The van der Waals surface area contributed by atoms with E-state index < -0.39 is 11.6 Å². The molecule has 3 nitrogen and oxygen atoms in total. The van der Waals surface area contributed by atoms with Gasteiger partial charge in [-0.15, -0.1) is 0 Å². The first-order chi connectivity index (χ1) is 9.11. The van der Waals surface area contributed by atoms with Gasteiger partial charge in [0, 0.05) is 13.6 Å². The molecular weight excluding hydrogens is 248 g/mol. The molecule has 0 amide bonds. The van der Waals surface area contributed by atoms with Gasteiger partial charge in [-0.05, 0) is 44.0 Å². The van der Waals surface area contributed by atoms with E-state index >= 15 is 0 Å². The summed E-state index contributed by atoms with van der Waals surface area (Å²) in [6.45, 7) is 2.54. The number of rotatable bonds is 3. The number of anilines is 1. The number of nitriles is 1. The second-order valence-electron chi connectivity index (χ2n) is 4.97. The normalized spacial score (nSPS) is 16.1. The summed E-state index contributed by atoms with van der Waals surface area (Å²) >= 11 is 0. The molecule has 0 aliphatic carbocycles. The van der Waals surface area contributed by atoms with Crippen LogP contribution in [0.1, 0.15) is 18.4 Å². The molecular formula is C14H17F2N3. The van der Waals surface area contributed by atoms with Crippen molar-refractivity contribution in [2.24, 2.45) is 5.92 Å². The SMILES string of the molecule is CN(CC1CCNCC1)c1c(F)cc(C#N)cc1F. The van der Waals surface area contributed by atoms with Crippen molar-refractivity contribution in [1.29, 1.82) is 5.26 Å². The average Bonchev–Trinajstić information content (AvgIpc) is 2.38. The largest absolute Gasteiger partial charge is 0.370 e. The molecule has 0 atom stereocenters. The predicted octanol–water partition coefficient (Wildman–Crippen LogP) is 2.27. The standard InChI is InChI=1S/C14H17F2N3/c1-19(9-10-2-4-18-5-3-10)14-12(15)6-11(8-17)7-13(14)16/h6-7,10,18H,2-5,9H2,1H3. The monoisotopic (exact) mass is 265 g/mol. The Morgan fingerprint density at radius 2 is 1.89 bits per heavy atom. The molecule has 1 heterocycles. The van der Waals surface area contributed by atoms with Gasteiger partial charge in [0.05, 0.1) is 11.6 Å². The van der Waals surface area contributed by atoms with Gasteiger partial charge in [0.25, 0.3) is 0 Å². The minimum atomic E-state index is -0.673. The summed E-state index contributed by atoms with van der Waals surface area (Å²) in [5.41, 5.74) is -0.0356. The second kappa shape index (κ2) is 5.98. The third kappa shape index (κ3) is 3.21. The number of piperidine rings is 1. The Kier molecular flexibility index (Phi) is 4.33. The molecule has 1 aromatic carbocycles. The van der Waals surface area contributed by atoms with Gasteiger partial charge in [-0.3, -0.25) is 0 Å².